The standard InChI is InChI=1S/C20H19BrN4O5S3/c1-12-4-6-15(7-5-12)33(27,28)30-19-16(21)8-14(9-17(19)29-3)10-22-24-18(26)11-31-20-25-23-13(2)32-20/h4-10H,11H2,1-3H3,(H,24,26). The van der Waals surface area contributed by atoms with Crippen molar-refractivity contribution in [3.05, 3.63) is 57.0 Å². The molecule has 2 aromatic carbocycles. The number of carbonyl (C=O) groups is 1. The van der Waals surface area contributed by atoms with E-state index < -0.39 is 10.1 Å². The number of nitrogens with one attached hydrogen (secondary N) is 1. The van der Waals surface area contributed by atoms with E-state index in [0.29, 0.717) is 14.4 Å². The van der Waals surface area contributed by atoms with Gasteiger partial charge in [0.15, 0.2) is 15.8 Å². The van der Waals surface area contributed by atoms with Gasteiger partial charge in [0.05, 0.1) is 23.5 Å². The largest absolute Gasteiger partial charge is 0.493 e. The van der Waals surface area contributed by atoms with E-state index in [-0.39, 0.29) is 28.1 Å². The molecule has 1 heterocycles. The molecule has 174 valence electrons. The number of rotatable bonds is 9. The van der Waals surface area contributed by atoms with E-state index in [0.717, 1.165) is 10.6 Å². The Balaban J connectivity index is 1.68. The number of amides is 1. The molecule has 0 unspecified atom stereocenters. The first-order valence-electron chi connectivity index (χ1n) is 9.31. The van der Waals surface area contributed by atoms with E-state index in [1.54, 1.807) is 24.3 Å². The molecule has 3 rings (SSSR count). The van der Waals surface area contributed by atoms with Crippen LogP contribution < -0.4 is 14.3 Å². The molecule has 9 nitrogen and oxygen atoms in total. The van der Waals surface area contributed by atoms with Gasteiger partial charge in [0.2, 0.25) is 0 Å². The van der Waals surface area contributed by atoms with Gasteiger partial charge in [0, 0.05) is 0 Å². The van der Waals surface area contributed by atoms with Crippen molar-refractivity contribution in [3.8, 4) is 11.5 Å². The zero-order valence-corrected chi connectivity index (χ0v) is 21.8. The number of methoxy groups -OCH3 is 1. The Hall–Kier alpha value is -2.48. The van der Waals surface area contributed by atoms with Gasteiger partial charge in [0.25, 0.3) is 5.91 Å². The molecular formula is C20H19BrN4O5S3. The van der Waals surface area contributed by atoms with Gasteiger partial charge in [-0.05, 0) is 59.6 Å². The molecular weight excluding hydrogens is 552 g/mol. The third-order valence-corrected chi connectivity index (χ3v) is 7.79. The molecule has 33 heavy (non-hydrogen) atoms. The minimum atomic E-state index is -4.07. The van der Waals surface area contributed by atoms with Crippen molar-refractivity contribution in [2.45, 2.75) is 23.1 Å². The van der Waals surface area contributed by atoms with Crippen molar-refractivity contribution < 1.29 is 22.1 Å². The lowest BCUT2D eigenvalue weighted by molar-refractivity contribution is -0.118. The number of hydrogen-bond donors (Lipinski definition) is 1. The maximum absolute atomic E-state index is 12.6. The number of aromatic nitrogens is 2. The molecule has 3 aromatic rings. The summed E-state index contributed by atoms with van der Waals surface area (Å²) < 4.78 is 37.0. The number of hydrazone groups is 1. The molecule has 0 aliphatic rings. The Morgan fingerprint density at radius 1 is 1.24 bits per heavy atom. The van der Waals surface area contributed by atoms with E-state index in [9.17, 15) is 13.2 Å². The van der Waals surface area contributed by atoms with Crippen molar-refractivity contribution in [2.24, 2.45) is 5.10 Å². The normalized spacial score (nSPS) is 11.5. The molecule has 13 heteroatoms. The fraction of sp³-hybridized carbons (Fsp3) is 0.200. The highest BCUT2D eigenvalue weighted by molar-refractivity contribution is 9.10. The number of halogens is 1. The molecule has 0 saturated carbocycles. The monoisotopic (exact) mass is 570 g/mol. The van der Waals surface area contributed by atoms with E-state index in [2.05, 4.69) is 36.7 Å². The summed E-state index contributed by atoms with van der Waals surface area (Å²) in [5, 5.41) is 12.6. The first-order valence-corrected chi connectivity index (χ1v) is 13.3. The Bertz CT molecular complexity index is 1280. The summed E-state index contributed by atoms with van der Waals surface area (Å²) in [5.74, 6) is 0.0140. The van der Waals surface area contributed by atoms with Crippen molar-refractivity contribution in [1.82, 2.24) is 15.6 Å². The van der Waals surface area contributed by atoms with Crippen molar-refractivity contribution in [3.63, 3.8) is 0 Å². The minimum Gasteiger partial charge on any atom is -0.493 e. The quantitative estimate of drug-likeness (QED) is 0.178. The van der Waals surface area contributed by atoms with Crippen LogP contribution in [0.5, 0.6) is 11.5 Å². The Labute approximate surface area is 207 Å². The predicted octanol–water partition coefficient (Wildman–Crippen LogP) is 3.94. The Kier molecular flexibility index (Phi) is 8.46. The Morgan fingerprint density at radius 2 is 1.97 bits per heavy atom. The van der Waals surface area contributed by atoms with Crippen molar-refractivity contribution in [2.75, 3.05) is 12.9 Å². The zero-order chi connectivity index (χ0) is 24.0. The summed E-state index contributed by atoms with van der Waals surface area (Å²) in [6.45, 7) is 3.70. The van der Waals surface area contributed by atoms with Gasteiger partial charge in [-0.1, -0.05) is 40.8 Å². The van der Waals surface area contributed by atoms with E-state index in [1.165, 1.54) is 48.6 Å². The van der Waals surface area contributed by atoms with Gasteiger partial charge in [-0.3, -0.25) is 4.79 Å². The maximum Gasteiger partial charge on any atom is 0.339 e. The van der Waals surface area contributed by atoms with E-state index in [1.807, 2.05) is 13.8 Å². The van der Waals surface area contributed by atoms with Gasteiger partial charge >= 0.3 is 10.1 Å². The zero-order valence-electron chi connectivity index (χ0n) is 17.7. The fourth-order valence-corrected chi connectivity index (χ4v) is 5.65. The second-order valence-corrected chi connectivity index (χ2v) is 11.4. The molecule has 1 N–H and O–H groups in total. The third-order valence-electron chi connectivity index (χ3n) is 3.99. The minimum absolute atomic E-state index is 0.00279. The topological polar surface area (TPSA) is 120 Å². The molecule has 1 amide bonds. The summed E-state index contributed by atoms with van der Waals surface area (Å²) in [4.78, 5) is 12.0. The molecule has 0 fully saturated rings. The molecule has 0 bridgehead atoms. The number of hydrogen-bond acceptors (Lipinski definition) is 10. The molecule has 1 aromatic heterocycles. The first kappa shape index (κ1) is 25.1. The SMILES string of the molecule is COc1cc(C=NNC(=O)CSc2nnc(C)s2)cc(Br)c1OS(=O)(=O)c1ccc(C)cc1. The van der Waals surface area contributed by atoms with Crippen LogP contribution in [0.15, 0.2) is 55.2 Å². The summed E-state index contributed by atoms with van der Waals surface area (Å²) in [6.07, 6.45) is 1.41. The second-order valence-electron chi connectivity index (χ2n) is 6.55. The summed E-state index contributed by atoms with van der Waals surface area (Å²) in [6, 6.07) is 9.45. The van der Waals surface area contributed by atoms with Crippen LogP contribution in [0.2, 0.25) is 0 Å². The highest BCUT2D eigenvalue weighted by atomic mass is 79.9. The number of carbonyl (C=O) groups excluding carboxylic acids is 1. The molecule has 0 saturated heterocycles. The van der Waals surface area contributed by atoms with Crippen LogP contribution in [0.3, 0.4) is 0 Å². The number of ether oxygens (including phenoxy) is 1. The van der Waals surface area contributed by atoms with Crippen LogP contribution >= 0.6 is 39.0 Å². The van der Waals surface area contributed by atoms with Crippen LogP contribution in [0.25, 0.3) is 0 Å². The second kappa shape index (κ2) is 11.1. The Morgan fingerprint density at radius 3 is 2.61 bits per heavy atom. The number of nitrogens with zero attached hydrogens (tertiary/aromatic N) is 3. The van der Waals surface area contributed by atoms with Crippen LogP contribution in [-0.2, 0) is 14.9 Å². The van der Waals surface area contributed by atoms with Gasteiger partial charge in [-0.15, -0.1) is 10.2 Å². The highest BCUT2D eigenvalue weighted by Gasteiger charge is 2.22. The van der Waals surface area contributed by atoms with Crippen molar-refractivity contribution >= 4 is 61.3 Å². The molecule has 0 aliphatic carbocycles. The van der Waals surface area contributed by atoms with Crippen molar-refractivity contribution in [1.29, 1.82) is 0 Å². The molecule has 0 spiro atoms. The number of benzene rings is 2. The van der Waals surface area contributed by atoms with E-state index in [4.69, 9.17) is 8.92 Å². The average molecular weight is 572 g/mol. The predicted molar refractivity (Wildman–Crippen MR) is 131 cm³/mol. The van der Waals surface area contributed by atoms with Gasteiger partial charge < -0.3 is 8.92 Å². The van der Waals surface area contributed by atoms with Crippen LogP contribution in [0, 0.1) is 13.8 Å². The van der Waals surface area contributed by atoms with Gasteiger partial charge in [-0.25, -0.2) is 5.43 Å². The summed E-state index contributed by atoms with van der Waals surface area (Å²) in [7, 11) is -2.67. The fourth-order valence-electron chi connectivity index (χ4n) is 2.43. The van der Waals surface area contributed by atoms with Crippen LogP contribution in [0.4, 0.5) is 0 Å². The number of thioether (sulfide) groups is 1. The number of aryl methyl sites for hydroxylation is 2. The smallest absolute Gasteiger partial charge is 0.339 e. The lowest BCUT2D eigenvalue weighted by Gasteiger charge is -2.13. The highest BCUT2D eigenvalue weighted by Crippen LogP contribution is 2.38. The molecule has 0 aliphatic heterocycles. The average Bonchev–Trinajstić information content (AvgIpc) is 3.19. The molecule has 0 radical (unpaired) electrons. The van der Waals surface area contributed by atoms with Gasteiger partial charge in [0.1, 0.15) is 9.90 Å². The lowest BCUT2D eigenvalue weighted by Crippen LogP contribution is -2.19. The first-order chi connectivity index (χ1) is 15.7. The summed E-state index contributed by atoms with van der Waals surface area (Å²) >= 11 is 5.99. The lowest BCUT2D eigenvalue weighted by atomic mass is 10.2. The molecule has 0 atom stereocenters. The van der Waals surface area contributed by atoms with Crippen LogP contribution in [-0.4, -0.2) is 43.6 Å². The van der Waals surface area contributed by atoms with Crippen LogP contribution in [0.1, 0.15) is 16.1 Å². The maximum atomic E-state index is 12.6. The summed E-state index contributed by atoms with van der Waals surface area (Å²) in [5.41, 5.74) is 3.90. The van der Waals surface area contributed by atoms with Gasteiger partial charge in [-0.2, -0.15) is 13.5 Å². The van der Waals surface area contributed by atoms with E-state index >= 15 is 0 Å². The third kappa shape index (κ3) is 7.00.